The maximum atomic E-state index is 11.1. The molecule has 9 nitrogen and oxygen atoms in total. The largest absolute Gasteiger partial charge is 0.465 e. The third-order valence-electron chi connectivity index (χ3n) is 4.05. The summed E-state index contributed by atoms with van der Waals surface area (Å²) in [7, 11) is 3.98. The number of esters is 1. The van der Waals surface area contributed by atoms with Crippen molar-refractivity contribution in [1.29, 1.82) is 0 Å². The molecule has 2 radical (unpaired) electrons. The fourth-order valence-corrected chi connectivity index (χ4v) is 4.71. The SMILES string of the molecule is COC(=O)c1ccc(C)c(S(=O)(=O)Cl)c1.Cc1cc[c-]cc1.Cc1cc[c-]cc1S(=O)(=O)Cl.O=S(=O)(O)Cl.[Y].[Y]. The zero-order valence-corrected chi connectivity index (χ0v) is 31.9. The molecule has 216 valence electrons. The minimum Gasteiger partial charge on any atom is -0.465 e. The Morgan fingerprint density at radius 2 is 1.18 bits per heavy atom. The van der Waals surface area contributed by atoms with Gasteiger partial charge in [0.25, 0.3) is 9.05 Å². The quantitative estimate of drug-likeness (QED) is 0.162. The molecule has 0 spiro atoms. The minimum atomic E-state index is -4.19. The topological polar surface area (TPSA) is 149 Å². The van der Waals surface area contributed by atoms with Gasteiger partial charge in [-0.15, -0.1) is 5.56 Å². The molecule has 0 fully saturated rings. The van der Waals surface area contributed by atoms with Gasteiger partial charge in [-0.3, -0.25) is 4.55 Å². The molecule has 40 heavy (non-hydrogen) atoms. The van der Waals surface area contributed by atoms with Crippen molar-refractivity contribution in [1.82, 2.24) is 0 Å². The van der Waals surface area contributed by atoms with Gasteiger partial charge in [0.1, 0.15) is 0 Å². The monoisotopic (exact) mass is 822 g/mol. The minimum absolute atomic E-state index is 0. The Bertz CT molecular complexity index is 1530. The van der Waals surface area contributed by atoms with Gasteiger partial charge in [-0.25, -0.2) is 21.6 Å². The number of carbonyl (C=O) groups excluding carboxylic acids is 1. The normalized spacial score (nSPS) is 10.3. The second-order valence-corrected chi connectivity index (χ2v) is 14.1. The molecule has 3 aromatic carbocycles. The molecule has 0 atom stereocenters. The van der Waals surface area contributed by atoms with E-state index in [0.717, 1.165) is 0 Å². The second-order valence-electron chi connectivity index (χ2n) is 7.03. The Hall–Kier alpha value is 0.0178. The summed E-state index contributed by atoms with van der Waals surface area (Å²) in [5.41, 5.74) is 2.57. The molecule has 0 amide bonds. The number of benzene rings is 3. The van der Waals surface area contributed by atoms with Crippen LogP contribution in [0.4, 0.5) is 0 Å². The third kappa shape index (κ3) is 20.8. The molecule has 17 heteroatoms. The molecule has 1 N–H and O–H groups in total. The molecule has 3 aromatic rings. The predicted molar refractivity (Wildman–Crippen MR) is 146 cm³/mol. The van der Waals surface area contributed by atoms with Crippen LogP contribution >= 0.6 is 32.0 Å². The summed E-state index contributed by atoms with van der Waals surface area (Å²) in [5.74, 6) is -0.600. The molecular formula is C23H23Cl3O9S3Y2-2. The summed E-state index contributed by atoms with van der Waals surface area (Å²) in [6.45, 7) is 5.34. The van der Waals surface area contributed by atoms with Gasteiger partial charge in [-0.1, -0.05) is 19.9 Å². The van der Waals surface area contributed by atoms with Gasteiger partial charge >= 0.3 is 15.3 Å². The van der Waals surface area contributed by atoms with E-state index in [9.17, 15) is 21.6 Å². The van der Waals surface area contributed by atoms with E-state index in [0.29, 0.717) is 11.1 Å². The Morgan fingerprint density at radius 3 is 1.50 bits per heavy atom. The van der Waals surface area contributed by atoms with Crippen LogP contribution in [0.5, 0.6) is 0 Å². The summed E-state index contributed by atoms with van der Waals surface area (Å²) < 4.78 is 73.5. The number of hydrogen-bond acceptors (Lipinski definition) is 8. The van der Waals surface area contributed by atoms with Gasteiger partial charge in [-0.2, -0.15) is 68.6 Å². The van der Waals surface area contributed by atoms with Crippen molar-refractivity contribution >= 4 is 65.4 Å². The number of ether oxygens (including phenoxy) is 1. The van der Waals surface area contributed by atoms with E-state index in [1.165, 1.54) is 36.9 Å². The average Bonchev–Trinajstić information content (AvgIpc) is 2.78. The molecule has 0 saturated heterocycles. The van der Waals surface area contributed by atoms with E-state index < -0.39 is 33.4 Å². The van der Waals surface area contributed by atoms with Gasteiger partial charge < -0.3 is 4.74 Å². The van der Waals surface area contributed by atoms with Crippen molar-refractivity contribution in [2.75, 3.05) is 7.11 Å². The summed E-state index contributed by atoms with van der Waals surface area (Å²) in [6.07, 6.45) is 0. The number of aryl methyl sites for hydroxylation is 3. The number of hydrogen-bond donors (Lipinski definition) is 1. The van der Waals surface area contributed by atoms with Crippen LogP contribution in [0.25, 0.3) is 0 Å². The summed E-state index contributed by atoms with van der Waals surface area (Å²) in [6, 6.07) is 22.3. The van der Waals surface area contributed by atoms with Crippen LogP contribution in [0.1, 0.15) is 27.0 Å². The standard InChI is InChI=1S/C9H9ClO4S.C7H6ClO2S.C7H7.ClHO3S.2Y/c1-6-3-4-7(9(11)14-2)5-8(6)15(10,12)13;1-6-4-2-3-5-7(6)11(8,9)10;1-7-5-3-2-4-6-7;1-5(2,3)4;;/h3-5H,1-2H3;2,4-5H,1H3;3-6H,1H3;(H,2,3,4);;/q;2*-1;;;. The molecule has 0 aliphatic carbocycles. The Labute approximate surface area is 299 Å². The van der Waals surface area contributed by atoms with Gasteiger partial charge in [0.15, 0.2) is 0 Å². The van der Waals surface area contributed by atoms with E-state index >= 15 is 0 Å². The molecule has 0 aliphatic rings. The van der Waals surface area contributed by atoms with Crippen LogP contribution < -0.4 is 0 Å². The van der Waals surface area contributed by atoms with Crippen LogP contribution in [-0.4, -0.2) is 42.9 Å². The first-order valence-electron chi connectivity index (χ1n) is 9.92. The zero-order valence-electron chi connectivity index (χ0n) is 21.5. The molecule has 0 aliphatic heterocycles. The maximum absolute atomic E-state index is 11.1. The van der Waals surface area contributed by atoms with E-state index in [2.05, 4.69) is 34.5 Å². The van der Waals surface area contributed by atoms with Crippen molar-refractivity contribution < 1.29 is 105 Å². The maximum Gasteiger partial charge on any atom is 0.353 e. The molecule has 0 heterocycles. The number of halogens is 3. The smallest absolute Gasteiger partial charge is 0.353 e. The fraction of sp³-hybridized carbons (Fsp3) is 0.174. The summed E-state index contributed by atoms with van der Waals surface area (Å²) >= 11 is 0. The van der Waals surface area contributed by atoms with E-state index in [1.807, 2.05) is 24.3 Å². The van der Waals surface area contributed by atoms with Crippen LogP contribution in [0.3, 0.4) is 0 Å². The van der Waals surface area contributed by atoms with Gasteiger partial charge in [0.05, 0.1) is 17.6 Å². The van der Waals surface area contributed by atoms with Crippen molar-refractivity contribution in [2.24, 2.45) is 0 Å². The molecular weight excluding hydrogens is 801 g/mol. The van der Waals surface area contributed by atoms with Crippen LogP contribution in [0.2, 0.25) is 0 Å². The van der Waals surface area contributed by atoms with Gasteiger partial charge in [0.2, 0.25) is 9.05 Å². The van der Waals surface area contributed by atoms with Crippen molar-refractivity contribution in [3.8, 4) is 0 Å². The molecule has 0 saturated carbocycles. The summed E-state index contributed by atoms with van der Waals surface area (Å²) in [5, 5.41) is 0. The van der Waals surface area contributed by atoms with Crippen molar-refractivity contribution in [2.45, 2.75) is 30.6 Å². The third-order valence-corrected chi connectivity index (χ3v) is 6.98. The molecule has 0 bridgehead atoms. The van der Waals surface area contributed by atoms with E-state index in [1.54, 1.807) is 26.0 Å². The summed E-state index contributed by atoms with van der Waals surface area (Å²) in [4.78, 5) is 11.2. The van der Waals surface area contributed by atoms with Crippen LogP contribution in [-0.2, 0) is 97.6 Å². The molecule has 0 unspecified atom stereocenters. The van der Waals surface area contributed by atoms with Gasteiger partial charge in [0, 0.05) is 97.5 Å². The number of rotatable bonds is 3. The second kappa shape index (κ2) is 20.8. The first-order valence-corrected chi connectivity index (χ1v) is 16.8. The predicted octanol–water partition coefficient (Wildman–Crippen LogP) is 5.25. The van der Waals surface area contributed by atoms with Crippen LogP contribution in [0, 0.1) is 32.9 Å². The van der Waals surface area contributed by atoms with Crippen LogP contribution in [0.15, 0.2) is 70.5 Å². The number of methoxy groups -OCH3 is 1. The van der Waals surface area contributed by atoms with Crippen molar-refractivity contribution in [3.05, 3.63) is 95.1 Å². The van der Waals surface area contributed by atoms with Crippen molar-refractivity contribution in [3.63, 3.8) is 0 Å². The fourth-order valence-electron chi connectivity index (χ4n) is 2.33. The molecule has 0 aromatic heterocycles. The first kappa shape index (κ1) is 44.5. The first-order chi connectivity index (χ1) is 17.3. The zero-order chi connectivity index (χ0) is 29.7. The average molecular weight is 824 g/mol. The Balaban J connectivity index is -0.000000483. The Morgan fingerprint density at radius 1 is 0.750 bits per heavy atom. The van der Waals surface area contributed by atoms with E-state index in [4.69, 9.17) is 34.3 Å². The Kier molecular flexibility index (Phi) is 23.2. The van der Waals surface area contributed by atoms with Gasteiger partial charge in [-0.05, 0) is 29.5 Å². The number of carbonyl (C=O) groups is 1. The van der Waals surface area contributed by atoms with E-state index in [-0.39, 0.29) is 80.8 Å². The molecule has 3 rings (SSSR count).